The maximum atomic E-state index is 15.2. The summed E-state index contributed by atoms with van der Waals surface area (Å²) in [5, 5.41) is 19.1. The zero-order valence-corrected chi connectivity index (χ0v) is 44.0. The average molecular weight is 955 g/mol. The molecule has 4 heterocycles. The van der Waals surface area contributed by atoms with Gasteiger partial charge in [-0.15, -0.1) is 0 Å². The maximum absolute atomic E-state index is 15.2. The van der Waals surface area contributed by atoms with Gasteiger partial charge in [0.15, 0.2) is 11.5 Å². The van der Waals surface area contributed by atoms with E-state index in [1.807, 2.05) is 0 Å². The van der Waals surface area contributed by atoms with Crippen molar-refractivity contribution in [2.24, 2.45) is 9.98 Å². The number of carbonyl (C=O) groups is 1. The molecule has 0 amide bonds. The highest BCUT2D eigenvalue weighted by atomic mass is 16.3. The third kappa shape index (κ3) is 6.84. The minimum atomic E-state index is -0.351. The normalized spacial score (nSPS) is 30.8. The van der Waals surface area contributed by atoms with Gasteiger partial charge in [0.05, 0.1) is 16.8 Å². The van der Waals surface area contributed by atoms with E-state index < -0.39 is 0 Å². The van der Waals surface area contributed by atoms with Crippen LogP contribution in [0.25, 0.3) is 22.3 Å². The molecule has 0 bridgehead atoms. The molecule has 3 saturated carbocycles. The van der Waals surface area contributed by atoms with Gasteiger partial charge in [-0.05, 0) is 197 Å². The molecular weight excluding hydrogens is 881 g/mol. The summed E-state index contributed by atoms with van der Waals surface area (Å²) < 4.78 is 0. The first kappa shape index (κ1) is 46.2. The molecule has 5 aliphatic carbocycles. The van der Waals surface area contributed by atoms with Crippen LogP contribution in [0.5, 0.6) is 0 Å². The summed E-state index contributed by atoms with van der Waals surface area (Å²) in [6, 6.07) is 23.5. The van der Waals surface area contributed by atoms with E-state index >= 15 is 9.90 Å². The van der Waals surface area contributed by atoms with Gasteiger partial charge in [0.25, 0.3) is 0 Å². The molecule has 4 aliphatic heterocycles. The lowest BCUT2D eigenvalue weighted by Crippen LogP contribution is -2.67. The second-order valence-corrected chi connectivity index (χ2v) is 24.7. The van der Waals surface area contributed by atoms with E-state index in [0.29, 0.717) is 11.1 Å². The van der Waals surface area contributed by atoms with Gasteiger partial charge in [-0.1, -0.05) is 102 Å². The molecule has 13 rings (SSSR count). The van der Waals surface area contributed by atoms with Crippen molar-refractivity contribution in [3.05, 3.63) is 128 Å². The van der Waals surface area contributed by atoms with Crippen LogP contribution < -0.4 is 15.4 Å². The molecule has 2 N–H and O–H groups in total. The predicted molar refractivity (Wildman–Crippen MR) is 294 cm³/mol. The van der Waals surface area contributed by atoms with Gasteiger partial charge in [0, 0.05) is 66.9 Å². The summed E-state index contributed by atoms with van der Waals surface area (Å²) >= 11 is 0. The monoisotopic (exact) mass is 955 g/mol. The van der Waals surface area contributed by atoms with E-state index in [1.54, 1.807) is 0 Å². The van der Waals surface area contributed by atoms with Crippen molar-refractivity contribution in [2.45, 2.75) is 204 Å². The van der Waals surface area contributed by atoms with Crippen LogP contribution in [0, 0.1) is 13.8 Å². The summed E-state index contributed by atoms with van der Waals surface area (Å²) in [4.78, 5) is 29.7. The molecule has 3 fully saturated rings. The quantitative estimate of drug-likeness (QED) is 0.200. The summed E-state index contributed by atoms with van der Waals surface area (Å²) in [7, 11) is 0. The van der Waals surface area contributed by atoms with Gasteiger partial charge in [-0.2, -0.15) is 0 Å². The van der Waals surface area contributed by atoms with E-state index in [2.05, 4.69) is 113 Å². The summed E-state index contributed by atoms with van der Waals surface area (Å²) in [6.45, 7) is 14.1. The number of ketones is 1. The van der Waals surface area contributed by atoms with Crippen LogP contribution in [0.4, 0.5) is 22.7 Å². The third-order valence-corrected chi connectivity index (χ3v) is 20.1. The van der Waals surface area contributed by atoms with E-state index in [4.69, 9.17) is 9.98 Å². The molecule has 4 aromatic carbocycles. The van der Waals surface area contributed by atoms with Crippen LogP contribution in [-0.2, 0) is 26.5 Å². The predicted octanol–water partition coefficient (Wildman–Crippen LogP) is 14.5. The number of carbonyl (C=O) groups excluding carboxylic acids is 1. The fourth-order valence-electron chi connectivity index (χ4n) is 15.7. The number of rotatable bonds is 3. The largest absolute Gasteiger partial charge is 0.871 e. The number of aliphatic imine (C=N–C) groups is 2. The highest BCUT2D eigenvalue weighted by molar-refractivity contribution is 6.26. The Morgan fingerprint density at radius 1 is 0.500 bits per heavy atom. The molecule has 6 heteroatoms. The van der Waals surface area contributed by atoms with Crippen molar-refractivity contribution >= 4 is 45.7 Å². The lowest BCUT2D eigenvalue weighted by Gasteiger charge is -2.39. The van der Waals surface area contributed by atoms with Crippen LogP contribution in [0.1, 0.15) is 202 Å². The number of benzene rings is 4. The Bertz CT molecular complexity index is 3250. The number of fused-ring (bicyclic) bond motifs is 12. The molecule has 4 unspecified atom stereocenters. The van der Waals surface area contributed by atoms with Crippen LogP contribution in [0.2, 0.25) is 0 Å². The molecule has 0 saturated heterocycles. The van der Waals surface area contributed by atoms with E-state index in [9.17, 15) is 0 Å². The molecule has 0 radical (unpaired) electrons. The minimum absolute atomic E-state index is 0.00616. The highest BCUT2D eigenvalue weighted by Gasteiger charge is 2.51. The molecule has 9 aliphatic rings. The SMILES string of the molecule is Cc1cc(-c2ccc3c(c2)N=C2CCCCCCC23C)cc2c1N/C1=C(C3=C([O-])/C(=C4/CCCCCC5(C)C4=[NH+]c4c(C)cc(-c6ccc7c(c6)C6(C)CCCCCCC6=N7)cc45)C3=O)/CCCCCC12C. The number of nitrogens with one attached hydrogen (secondary N) is 2. The highest BCUT2D eigenvalue weighted by Crippen LogP contribution is 2.56. The third-order valence-electron chi connectivity index (χ3n) is 20.1. The van der Waals surface area contributed by atoms with E-state index in [0.717, 1.165) is 129 Å². The Hall–Kier alpha value is -5.62. The number of anilines is 1. The van der Waals surface area contributed by atoms with Crippen molar-refractivity contribution in [1.29, 1.82) is 0 Å². The van der Waals surface area contributed by atoms with E-state index in [-0.39, 0.29) is 33.2 Å². The van der Waals surface area contributed by atoms with Gasteiger partial charge in [-0.3, -0.25) is 14.8 Å². The van der Waals surface area contributed by atoms with Crippen molar-refractivity contribution in [2.75, 3.05) is 5.32 Å². The average Bonchev–Trinajstić information content (AvgIpc) is 3.99. The molecule has 0 aromatic heterocycles. The molecule has 72 heavy (non-hydrogen) atoms. The van der Waals surface area contributed by atoms with Crippen molar-refractivity contribution in [3.63, 3.8) is 0 Å². The van der Waals surface area contributed by atoms with Crippen LogP contribution in [-0.4, -0.2) is 22.9 Å². The second kappa shape index (κ2) is 17.0. The first-order valence-corrected chi connectivity index (χ1v) is 28.4. The fourth-order valence-corrected chi connectivity index (χ4v) is 15.7. The number of Topliss-reactive ketones (excluding diaryl/α,β-unsaturated/α-hetero) is 1. The Labute approximate surface area is 428 Å². The van der Waals surface area contributed by atoms with E-state index in [1.165, 1.54) is 125 Å². The van der Waals surface area contributed by atoms with Crippen molar-refractivity contribution in [1.82, 2.24) is 0 Å². The lowest BCUT2D eigenvalue weighted by molar-refractivity contribution is -0.351. The first-order valence-electron chi connectivity index (χ1n) is 28.4. The number of hydrogen-bond acceptors (Lipinski definition) is 5. The molecule has 4 atom stereocenters. The van der Waals surface area contributed by atoms with Crippen LogP contribution in [0.3, 0.4) is 0 Å². The Balaban J connectivity index is 0.855. The smallest absolute Gasteiger partial charge is 0.211 e. The number of nitrogens with zero attached hydrogens (tertiary/aromatic N) is 2. The number of aryl methyl sites for hydroxylation is 2. The standard InChI is InChI=1S/C66H74N4O2/c1-39-33-43(41-26-28-51-48(35-41)64(4)30-18-10-8-16-24-54(64)67-51)36-49-57(39)69-61-45(21-13-11-19-31-65(49,61)5)55-59(71)56(60(55)72)46-22-14-12-20-32-66(6)50-37-44(34-40(2)58(50)70-62(46)66)42-25-27-47-52(38-42)68-53-23-15-7-9-17-29-63(47,53)3/h25-28,33-38,70-71H,7-24,29-32H2,1-6H3/b55-45+,62-46-. The van der Waals surface area contributed by atoms with Crippen LogP contribution >= 0.6 is 0 Å². The Morgan fingerprint density at radius 3 is 1.75 bits per heavy atom. The van der Waals surface area contributed by atoms with Crippen LogP contribution in [0.15, 0.2) is 104 Å². The van der Waals surface area contributed by atoms with Gasteiger partial charge in [-0.25, -0.2) is 4.99 Å². The summed E-state index contributed by atoms with van der Waals surface area (Å²) in [5.74, 6) is -0.104. The fraction of sp³-hybridized carbons (Fsp3) is 0.485. The zero-order chi connectivity index (χ0) is 49.3. The van der Waals surface area contributed by atoms with Gasteiger partial charge >= 0.3 is 0 Å². The van der Waals surface area contributed by atoms with Gasteiger partial charge < -0.3 is 10.4 Å². The topological polar surface area (TPSA) is 90.8 Å². The Morgan fingerprint density at radius 2 is 1.04 bits per heavy atom. The summed E-state index contributed by atoms with van der Waals surface area (Å²) in [6.07, 6.45) is 24.4. The van der Waals surface area contributed by atoms with Crippen molar-refractivity contribution < 1.29 is 14.9 Å². The molecule has 0 spiro atoms. The number of allylic oxidation sites excluding steroid dienone is 5. The zero-order valence-electron chi connectivity index (χ0n) is 44.0. The van der Waals surface area contributed by atoms with Gasteiger partial charge in [0.1, 0.15) is 0 Å². The molecule has 370 valence electrons. The second-order valence-electron chi connectivity index (χ2n) is 24.7. The maximum Gasteiger partial charge on any atom is 0.211 e. The van der Waals surface area contributed by atoms with Crippen molar-refractivity contribution in [3.8, 4) is 22.3 Å². The summed E-state index contributed by atoms with van der Waals surface area (Å²) in [5.41, 5.74) is 24.3. The molecule has 4 aromatic rings. The Kier molecular flexibility index (Phi) is 10.9. The van der Waals surface area contributed by atoms with Gasteiger partial charge in [0.2, 0.25) is 5.69 Å². The molecular formula is C66H74N4O2. The minimum Gasteiger partial charge on any atom is -0.871 e. The molecule has 6 nitrogen and oxygen atoms in total. The lowest BCUT2D eigenvalue weighted by atomic mass is 9.66. The number of hydrogen-bond donors (Lipinski definition) is 2. The first-order chi connectivity index (χ1) is 34.8.